The highest BCUT2D eigenvalue weighted by atomic mass is 16.6. The van der Waals surface area contributed by atoms with Crippen LogP contribution in [0.2, 0.25) is 0 Å². The molecule has 2 aromatic carbocycles. The third-order valence-electron chi connectivity index (χ3n) is 5.47. The lowest BCUT2D eigenvalue weighted by Gasteiger charge is -2.30. The van der Waals surface area contributed by atoms with Crippen molar-refractivity contribution in [2.24, 2.45) is 5.92 Å². The van der Waals surface area contributed by atoms with E-state index >= 15 is 0 Å². The number of nitro benzene ring substituents is 1. The molecule has 0 saturated carbocycles. The van der Waals surface area contributed by atoms with Crippen molar-refractivity contribution >= 4 is 17.8 Å². The molecule has 0 aromatic heterocycles. The molecule has 0 N–H and O–H groups in total. The Balaban J connectivity index is 1.36. The Morgan fingerprint density at radius 3 is 2.17 bits per heavy atom. The number of nitrogens with zero attached hydrogens (tertiary/aromatic N) is 2. The molecule has 0 aliphatic carbocycles. The van der Waals surface area contributed by atoms with E-state index in [1.807, 2.05) is 36.4 Å². The first kappa shape index (κ1) is 21.1. The standard InChI is InChI=1S/C24H30N2O3/c1-20-14-17-25(18-15-20)16-2-3-19-29-24-12-8-22(9-13-24)5-4-21-6-10-23(11-7-21)26(27)28/h4-13,20H,2-3,14-19H2,1H3/b5-4+. The molecule has 1 aliphatic heterocycles. The Bertz CT molecular complexity index is 792. The minimum absolute atomic E-state index is 0.106. The van der Waals surface area contributed by atoms with Crippen LogP contribution in [-0.4, -0.2) is 36.1 Å². The minimum Gasteiger partial charge on any atom is -0.494 e. The Kier molecular flexibility index (Phi) is 7.82. The molecule has 5 heteroatoms. The van der Waals surface area contributed by atoms with Gasteiger partial charge < -0.3 is 9.64 Å². The van der Waals surface area contributed by atoms with Gasteiger partial charge in [0.1, 0.15) is 5.75 Å². The van der Waals surface area contributed by atoms with Gasteiger partial charge in [0.2, 0.25) is 0 Å². The van der Waals surface area contributed by atoms with Gasteiger partial charge in [-0.2, -0.15) is 0 Å². The summed E-state index contributed by atoms with van der Waals surface area (Å²) in [4.78, 5) is 12.9. The zero-order chi connectivity index (χ0) is 20.5. The highest BCUT2D eigenvalue weighted by molar-refractivity contribution is 5.70. The molecule has 3 rings (SSSR count). The highest BCUT2D eigenvalue weighted by Gasteiger charge is 2.14. The lowest BCUT2D eigenvalue weighted by molar-refractivity contribution is -0.384. The third kappa shape index (κ3) is 7.02. The molecule has 1 fully saturated rings. The quantitative estimate of drug-likeness (QED) is 0.238. The number of rotatable bonds is 9. The second kappa shape index (κ2) is 10.8. The molecule has 0 radical (unpaired) electrons. The largest absolute Gasteiger partial charge is 0.494 e. The van der Waals surface area contributed by atoms with E-state index in [2.05, 4.69) is 11.8 Å². The molecule has 0 amide bonds. The fourth-order valence-electron chi connectivity index (χ4n) is 3.49. The smallest absolute Gasteiger partial charge is 0.269 e. The fraction of sp³-hybridized carbons (Fsp3) is 0.417. The number of hydrogen-bond acceptors (Lipinski definition) is 4. The minimum atomic E-state index is -0.389. The number of ether oxygens (including phenoxy) is 1. The first-order chi connectivity index (χ1) is 14.1. The van der Waals surface area contributed by atoms with Gasteiger partial charge >= 0.3 is 0 Å². The van der Waals surface area contributed by atoms with Crippen molar-refractivity contribution in [2.75, 3.05) is 26.2 Å². The van der Waals surface area contributed by atoms with Crippen LogP contribution in [0.25, 0.3) is 12.2 Å². The van der Waals surface area contributed by atoms with Crippen LogP contribution < -0.4 is 4.74 Å². The normalized spacial score (nSPS) is 15.6. The third-order valence-corrected chi connectivity index (χ3v) is 5.47. The van der Waals surface area contributed by atoms with E-state index in [0.717, 1.165) is 35.8 Å². The number of non-ortho nitro benzene ring substituents is 1. The van der Waals surface area contributed by atoms with E-state index in [9.17, 15) is 10.1 Å². The fourth-order valence-corrected chi connectivity index (χ4v) is 3.49. The van der Waals surface area contributed by atoms with Crippen LogP contribution in [0.3, 0.4) is 0 Å². The maximum Gasteiger partial charge on any atom is 0.269 e. The lowest BCUT2D eigenvalue weighted by Crippen LogP contribution is -2.33. The van der Waals surface area contributed by atoms with Crippen LogP contribution in [0.5, 0.6) is 5.75 Å². The molecule has 29 heavy (non-hydrogen) atoms. The number of piperidine rings is 1. The molecule has 1 heterocycles. The number of nitro groups is 1. The van der Waals surface area contributed by atoms with Crippen molar-refractivity contribution in [3.8, 4) is 5.75 Å². The summed E-state index contributed by atoms with van der Waals surface area (Å²) < 4.78 is 5.86. The second-order valence-corrected chi connectivity index (χ2v) is 7.83. The zero-order valence-electron chi connectivity index (χ0n) is 17.1. The molecule has 1 saturated heterocycles. The number of unbranched alkanes of at least 4 members (excludes halogenated alkanes) is 1. The van der Waals surface area contributed by atoms with E-state index in [1.165, 1.54) is 51.0 Å². The summed E-state index contributed by atoms with van der Waals surface area (Å²) in [5, 5.41) is 10.7. The summed E-state index contributed by atoms with van der Waals surface area (Å²) in [5.74, 6) is 1.78. The Labute approximate surface area is 173 Å². The monoisotopic (exact) mass is 394 g/mol. The van der Waals surface area contributed by atoms with Crippen LogP contribution in [0.4, 0.5) is 5.69 Å². The second-order valence-electron chi connectivity index (χ2n) is 7.83. The highest BCUT2D eigenvalue weighted by Crippen LogP contribution is 2.18. The zero-order valence-corrected chi connectivity index (χ0v) is 17.1. The Morgan fingerprint density at radius 2 is 1.59 bits per heavy atom. The van der Waals surface area contributed by atoms with E-state index < -0.39 is 0 Å². The SMILES string of the molecule is CC1CCN(CCCCOc2ccc(/C=C/c3ccc([N+](=O)[O-])cc3)cc2)CC1. The molecule has 2 aromatic rings. The van der Waals surface area contributed by atoms with Crippen LogP contribution in [-0.2, 0) is 0 Å². The lowest BCUT2D eigenvalue weighted by atomic mass is 9.99. The summed E-state index contributed by atoms with van der Waals surface area (Å²) >= 11 is 0. The molecule has 0 atom stereocenters. The van der Waals surface area contributed by atoms with E-state index in [0.29, 0.717) is 0 Å². The number of likely N-dealkylation sites (tertiary alicyclic amines) is 1. The first-order valence-electron chi connectivity index (χ1n) is 10.5. The molecule has 154 valence electrons. The van der Waals surface area contributed by atoms with Gasteiger partial charge in [0.05, 0.1) is 11.5 Å². The van der Waals surface area contributed by atoms with E-state index in [-0.39, 0.29) is 10.6 Å². The molecule has 0 bridgehead atoms. The molecule has 1 aliphatic rings. The summed E-state index contributed by atoms with van der Waals surface area (Å²) in [6.45, 7) is 6.78. The van der Waals surface area contributed by atoms with E-state index in [1.54, 1.807) is 12.1 Å². The van der Waals surface area contributed by atoms with Crippen molar-refractivity contribution in [1.29, 1.82) is 0 Å². The Morgan fingerprint density at radius 1 is 1.00 bits per heavy atom. The average molecular weight is 395 g/mol. The van der Waals surface area contributed by atoms with Crippen LogP contribution >= 0.6 is 0 Å². The molecule has 0 unspecified atom stereocenters. The average Bonchev–Trinajstić information content (AvgIpc) is 2.74. The van der Waals surface area contributed by atoms with Crippen molar-refractivity contribution in [3.63, 3.8) is 0 Å². The van der Waals surface area contributed by atoms with Crippen molar-refractivity contribution in [1.82, 2.24) is 4.90 Å². The van der Waals surface area contributed by atoms with Gasteiger partial charge in [0, 0.05) is 12.1 Å². The summed E-state index contributed by atoms with van der Waals surface area (Å²) in [7, 11) is 0. The molecular weight excluding hydrogens is 364 g/mol. The van der Waals surface area contributed by atoms with Gasteiger partial charge in [0.15, 0.2) is 0 Å². The maximum absolute atomic E-state index is 10.7. The van der Waals surface area contributed by atoms with Gasteiger partial charge in [-0.1, -0.05) is 31.2 Å². The van der Waals surface area contributed by atoms with Crippen molar-refractivity contribution in [3.05, 3.63) is 69.8 Å². The van der Waals surface area contributed by atoms with Crippen molar-refractivity contribution < 1.29 is 9.66 Å². The van der Waals surface area contributed by atoms with Gasteiger partial charge in [-0.15, -0.1) is 0 Å². The first-order valence-corrected chi connectivity index (χ1v) is 10.5. The van der Waals surface area contributed by atoms with Gasteiger partial charge in [0.25, 0.3) is 5.69 Å². The van der Waals surface area contributed by atoms with Gasteiger partial charge in [-0.05, 0) is 86.6 Å². The number of benzene rings is 2. The van der Waals surface area contributed by atoms with E-state index in [4.69, 9.17) is 4.74 Å². The van der Waals surface area contributed by atoms with Crippen LogP contribution in [0, 0.1) is 16.0 Å². The molecule has 5 nitrogen and oxygen atoms in total. The Hall–Kier alpha value is -2.66. The predicted molar refractivity (Wildman–Crippen MR) is 118 cm³/mol. The molecular formula is C24H30N2O3. The van der Waals surface area contributed by atoms with Crippen LogP contribution in [0.1, 0.15) is 43.7 Å². The topological polar surface area (TPSA) is 55.6 Å². The molecule has 0 spiro atoms. The van der Waals surface area contributed by atoms with Crippen LogP contribution in [0.15, 0.2) is 48.5 Å². The maximum atomic E-state index is 10.7. The summed E-state index contributed by atoms with van der Waals surface area (Å²) in [6.07, 6.45) is 8.87. The van der Waals surface area contributed by atoms with Gasteiger partial charge in [-0.3, -0.25) is 10.1 Å². The summed E-state index contributed by atoms with van der Waals surface area (Å²) in [6, 6.07) is 14.5. The number of hydrogen-bond donors (Lipinski definition) is 0. The predicted octanol–water partition coefficient (Wildman–Crippen LogP) is 5.66. The van der Waals surface area contributed by atoms with Crippen molar-refractivity contribution in [2.45, 2.75) is 32.6 Å². The summed E-state index contributed by atoms with van der Waals surface area (Å²) in [5.41, 5.74) is 2.10. The van der Waals surface area contributed by atoms with Gasteiger partial charge in [-0.25, -0.2) is 0 Å².